The Bertz CT molecular complexity index is 356. The van der Waals surface area contributed by atoms with Gasteiger partial charge >= 0.3 is 0 Å². The maximum absolute atomic E-state index is 6.13. The van der Waals surface area contributed by atoms with Crippen molar-refractivity contribution in [2.24, 2.45) is 0 Å². The molecule has 0 aromatic heterocycles. The third kappa shape index (κ3) is 4.11. The Morgan fingerprint density at radius 2 is 2.06 bits per heavy atom. The standard InChI is InChI=1S/C14H24N2O2/c1-4-10-18-13-8-5-7-12(14(13)15)16(2)9-6-11-17-3/h5,7-8H,4,6,9-11,15H2,1-3H3. The van der Waals surface area contributed by atoms with E-state index in [2.05, 4.69) is 11.8 Å². The van der Waals surface area contributed by atoms with Gasteiger partial charge in [-0.3, -0.25) is 0 Å². The number of para-hydroxylation sites is 1. The second-order valence-electron chi connectivity index (χ2n) is 4.31. The molecular formula is C14H24N2O2. The second kappa shape index (κ2) is 7.82. The Morgan fingerprint density at radius 3 is 2.72 bits per heavy atom. The van der Waals surface area contributed by atoms with Crippen LogP contribution in [0, 0.1) is 0 Å². The summed E-state index contributed by atoms with van der Waals surface area (Å²) in [5.74, 6) is 0.771. The topological polar surface area (TPSA) is 47.7 Å². The molecule has 0 spiro atoms. The van der Waals surface area contributed by atoms with Gasteiger partial charge in [-0.1, -0.05) is 13.0 Å². The number of anilines is 2. The summed E-state index contributed by atoms with van der Waals surface area (Å²) >= 11 is 0. The number of hydrogen-bond acceptors (Lipinski definition) is 4. The molecule has 1 aromatic carbocycles. The molecule has 0 fully saturated rings. The number of methoxy groups -OCH3 is 1. The van der Waals surface area contributed by atoms with Crippen molar-refractivity contribution in [2.45, 2.75) is 19.8 Å². The van der Waals surface area contributed by atoms with Crippen LogP contribution in [0.2, 0.25) is 0 Å². The summed E-state index contributed by atoms with van der Waals surface area (Å²) in [6.45, 7) is 4.45. The summed E-state index contributed by atoms with van der Waals surface area (Å²) in [5, 5.41) is 0. The van der Waals surface area contributed by atoms with Crippen LogP contribution in [0.5, 0.6) is 5.75 Å². The highest BCUT2D eigenvalue weighted by Gasteiger charge is 2.09. The van der Waals surface area contributed by atoms with Crippen LogP contribution < -0.4 is 15.4 Å². The molecule has 0 heterocycles. The quantitative estimate of drug-likeness (QED) is 0.570. The van der Waals surface area contributed by atoms with Gasteiger partial charge in [-0.05, 0) is 25.0 Å². The number of nitrogens with zero attached hydrogens (tertiary/aromatic N) is 1. The van der Waals surface area contributed by atoms with Gasteiger partial charge in [0.1, 0.15) is 5.75 Å². The molecule has 4 nitrogen and oxygen atoms in total. The molecule has 0 saturated heterocycles. The molecule has 18 heavy (non-hydrogen) atoms. The maximum Gasteiger partial charge on any atom is 0.144 e. The zero-order valence-electron chi connectivity index (χ0n) is 11.6. The molecule has 0 aliphatic rings. The van der Waals surface area contributed by atoms with E-state index in [1.54, 1.807) is 7.11 Å². The summed E-state index contributed by atoms with van der Waals surface area (Å²) < 4.78 is 10.7. The first-order valence-electron chi connectivity index (χ1n) is 6.42. The van der Waals surface area contributed by atoms with Crippen LogP contribution in [0.3, 0.4) is 0 Å². The van der Waals surface area contributed by atoms with Crippen molar-refractivity contribution in [1.29, 1.82) is 0 Å². The van der Waals surface area contributed by atoms with Crippen molar-refractivity contribution in [3.8, 4) is 5.75 Å². The molecule has 0 aliphatic heterocycles. The number of benzene rings is 1. The number of nitrogen functional groups attached to an aromatic ring is 1. The molecule has 1 rings (SSSR count). The van der Waals surface area contributed by atoms with Crippen LogP contribution in [0.25, 0.3) is 0 Å². The molecule has 0 saturated carbocycles. The van der Waals surface area contributed by atoms with E-state index in [0.29, 0.717) is 12.3 Å². The third-order valence-corrected chi connectivity index (χ3v) is 2.76. The fourth-order valence-corrected chi connectivity index (χ4v) is 1.77. The zero-order chi connectivity index (χ0) is 13.4. The molecule has 0 radical (unpaired) electrons. The highest BCUT2D eigenvalue weighted by molar-refractivity contribution is 5.73. The molecular weight excluding hydrogens is 228 g/mol. The van der Waals surface area contributed by atoms with Crippen LogP contribution in [0.4, 0.5) is 11.4 Å². The minimum absolute atomic E-state index is 0.695. The monoisotopic (exact) mass is 252 g/mol. The highest BCUT2D eigenvalue weighted by Crippen LogP contribution is 2.31. The van der Waals surface area contributed by atoms with E-state index in [-0.39, 0.29) is 0 Å². The Balaban J connectivity index is 2.69. The highest BCUT2D eigenvalue weighted by atomic mass is 16.5. The van der Waals surface area contributed by atoms with Gasteiger partial charge in [0.2, 0.25) is 0 Å². The molecule has 0 unspecified atom stereocenters. The van der Waals surface area contributed by atoms with Crippen molar-refractivity contribution < 1.29 is 9.47 Å². The average molecular weight is 252 g/mol. The lowest BCUT2D eigenvalue weighted by atomic mass is 10.2. The molecule has 4 heteroatoms. The minimum Gasteiger partial charge on any atom is -0.491 e. The van der Waals surface area contributed by atoms with Gasteiger partial charge in [-0.15, -0.1) is 0 Å². The molecule has 0 amide bonds. The lowest BCUT2D eigenvalue weighted by Gasteiger charge is -2.22. The third-order valence-electron chi connectivity index (χ3n) is 2.76. The predicted molar refractivity (Wildman–Crippen MR) is 76.4 cm³/mol. The first-order valence-corrected chi connectivity index (χ1v) is 6.42. The Hall–Kier alpha value is -1.42. The normalized spacial score (nSPS) is 10.4. The van der Waals surface area contributed by atoms with Gasteiger partial charge in [0.15, 0.2) is 0 Å². The molecule has 1 aromatic rings. The van der Waals surface area contributed by atoms with Gasteiger partial charge < -0.3 is 20.1 Å². The Labute approximate surface area is 110 Å². The van der Waals surface area contributed by atoms with Gasteiger partial charge in [-0.25, -0.2) is 0 Å². The first kappa shape index (κ1) is 14.6. The summed E-state index contributed by atoms with van der Waals surface area (Å²) in [6.07, 6.45) is 1.96. The van der Waals surface area contributed by atoms with Crippen molar-refractivity contribution >= 4 is 11.4 Å². The van der Waals surface area contributed by atoms with Crippen molar-refractivity contribution in [3.63, 3.8) is 0 Å². The fourth-order valence-electron chi connectivity index (χ4n) is 1.77. The number of ether oxygens (including phenoxy) is 2. The number of nitrogens with two attached hydrogens (primary N) is 1. The van der Waals surface area contributed by atoms with E-state index in [1.807, 2.05) is 25.2 Å². The van der Waals surface area contributed by atoms with Gasteiger partial charge in [0.25, 0.3) is 0 Å². The van der Waals surface area contributed by atoms with Gasteiger partial charge in [-0.2, -0.15) is 0 Å². The van der Waals surface area contributed by atoms with E-state index >= 15 is 0 Å². The summed E-state index contributed by atoms with van der Waals surface area (Å²) in [4.78, 5) is 2.13. The maximum atomic E-state index is 6.13. The second-order valence-corrected chi connectivity index (χ2v) is 4.31. The average Bonchev–Trinajstić information content (AvgIpc) is 2.37. The summed E-state index contributed by atoms with van der Waals surface area (Å²) in [7, 11) is 3.75. The lowest BCUT2D eigenvalue weighted by Crippen LogP contribution is -2.21. The van der Waals surface area contributed by atoms with Crippen LogP contribution in [0.15, 0.2) is 18.2 Å². The van der Waals surface area contributed by atoms with Crippen LogP contribution in [0.1, 0.15) is 19.8 Å². The Morgan fingerprint density at radius 1 is 1.28 bits per heavy atom. The number of rotatable bonds is 8. The zero-order valence-corrected chi connectivity index (χ0v) is 11.6. The van der Waals surface area contributed by atoms with Crippen LogP contribution in [-0.4, -0.2) is 33.9 Å². The smallest absolute Gasteiger partial charge is 0.144 e. The first-order chi connectivity index (χ1) is 8.70. The van der Waals surface area contributed by atoms with E-state index < -0.39 is 0 Å². The fraction of sp³-hybridized carbons (Fsp3) is 0.571. The van der Waals surface area contributed by atoms with E-state index in [4.69, 9.17) is 15.2 Å². The van der Waals surface area contributed by atoms with Crippen LogP contribution >= 0.6 is 0 Å². The predicted octanol–water partition coefficient (Wildman–Crippen LogP) is 2.53. The number of hydrogen-bond donors (Lipinski definition) is 1. The molecule has 0 bridgehead atoms. The Kier molecular flexibility index (Phi) is 6.36. The summed E-state index contributed by atoms with van der Waals surface area (Å²) in [6, 6.07) is 5.90. The largest absolute Gasteiger partial charge is 0.491 e. The van der Waals surface area contributed by atoms with E-state index in [9.17, 15) is 0 Å². The molecule has 2 N–H and O–H groups in total. The van der Waals surface area contributed by atoms with Gasteiger partial charge in [0, 0.05) is 27.3 Å². The van der Waals surface area contributed by atoms with Crippen molar-refractivity contribution in [2.75, 3.05) is 44.5 Å². The van der Waals surface area contributed by atoms with E-state index in [1.165, 1.54) is 0 Å². The van der Waals surface area contributed by atoms with E-state index in [0.717, 1.165) is 37.4 Å². The summed E-state index contributed by atoms with van der Waals surface area (Å²) in [5.41, 5.74) is 7.86. The minimum atomic E-state index is 0.695. The van der Waals surface area contributed by atoms with Gasteiger partial charge in [0.05, 0.1) is 18.0 Å². The SMILES string of the molecule is CCCOc1cccc(N(C)CCCOC)c1N. The van der Waals surface area contributed by atoms with Crippen molar-refractivity contribution in [1.82, 2.24) is 0 Å². The lowest BCUT2D eigenvalue weighted by molar-refractivity contribution is 0.196. The molecule has 0 atom stereocenters. The molecule has 0 aliphatic carbocycles. The molecule has 102 valence electrons. The van der Waals surface area contributed by atoms with Crippen LogP contribution in [-0.2, 0) is 4.74 Å². The van der Waals surface area contributed by atoms with Crippen molar-refractivity contribution in [3.05, 3.63) is 18.2 Å².